The number of methoxy groups -OCH3 is 1. The zero-order chi connectivity index (χ0) is 20.7. The van der Waals surface area contributed by atoms with Crippen LogP contribution in [0.1, 0.15) is 37.9 Å². The maximum absolute atomic E-state index is 12.4. The van der Waals surface area contributed by atoms with Crippen LogP contribution in [0.3, 0.4) is 0 Å². The van der Waals surface area contributed by atoms with Crippen molar-refractivity contribution in [3.05, 3.63) is 35.5 Å². The van der Waals surface area contributed by atoms with E-state index in [0.29, 0.717) is 12.3 Å². The van der Waals surface area contributed by atoms with Gasteiger partial charge in [0.1, 0.15) is 6.04 Å². The summed E-state index contributed by atoms with van der Waals surface area (Å²) in [7, 11) is 2.82. The molecule has 0 bridgehead atoms. The van der Waals surface area contributed by atoms with Crippen LogP contribution in [-0.2, 0) is 32.0 Å². The highest BCUT2D eigenvalue weighted by Gasteiger charge is 2.24. The molecule has 0 unspecified atom stereocenters. The first-order chi connectivity index (χ1) is 13.3. The predicted octanol–water partition coefficient (Wildman–Crippen LogP) is 2.09. The summed E-state index contributed by atoms with van der Waals surface area (Å²) in [6.45, 7) is 4.28. The Morgan fingerprint density at radius 3 is 2.46 bits per heavy atom. The Morgan fingerprint density at radius 2 is 1.82 bits per heavy atom. The summed E-state index contributed by atoms with van der Waals surface area (Å²) < 4.78 is 4.56. The van der Waals surface area contributed by atoms with Gasteiger partial charge in [-0.2, -0.15) is 0 Å². The number of ether oxygens (including phenoxy) is 1. The van der Waals surface area contributed by atoms with E-state index in [-0.39, 0.29) is 24.7 Å². The first kappa shape index (κ1) is 21.5. The quantitative estimate of drug-likeness (QED) is 0.574. The second-order valence-electron chi connectivity index (χ2n) is 7.24. The number of carbonyl (C=O) groups excluding carboxylic acids is 3. The van der Waals surface area contributed by atoms with Crippen molar-refractivity contribution in [2.24, 2.45) is 5.92 Å². The number of nitrogens with one attached hydrogen (secondary N) is 3. The van der Waals surface area contributed by atoms with E-state index in [2.05, 4.69) is 34.2 Å². The number of hydrogen-bond acceptors (Lipinski definition) is 4. The molecular formula is C21H29N3O4. The number of fused-ring (bicyclic) bond motifs is 1. The van der Waals surface area contributed by atoms with Gasteiger partial charge in [-0.25, -0.2) is 0 Å². The summed E-state index contributed by atoms with van der Waals surface area (Å²) >= 11 is 0. The molecule has 1 heterocycles. The number of carbonyl (C=O) groups is 3. The van der Waals surface area contributed by atoms with Gasteiger partial charge in [-0.05, 0) is 24.0 Å². The number of amides is 2. The summed E-state index contributed by atoms with van der Waals surface area (Å²) in [5, 5.41) is 6.42. The summed E-state index contributed by atoms with van der Waals surface area (Å²) in [5.41, 5.74) is 3.13. The highest BCUT2D eigenvalue weighted by Crippen LogP contribution is 2.26. The topological polar surface area (TPSA) is 100 Å². The molecule has 0 aliphatic rings. The van der Waals surface area contributed by atoms with Crippen molar-refractivity contribution in [1.82, 2.24) is 15.6 Å². The molecule has 28 heavy (non-hydrogen) atoms. The van der Waals surface area contributed by atoms with Crippen LogP contribution in [0, 0.1) is 5.92 Å². The molecular weight excluding hydrogens is 358 g/mol. The zero-order valence-corrected chi connectivity index (χ0v) is 16.9. The van der Waals surface area contributed by atoms with Gasteiger partial charge in [0.15, 0.2) is 0 Å². The summed E-state index contributed by atoms with van der Waals surface area (Å²) in [6.07, 6.45) is 1.18. The lowest BCUT2D eigenvalue weighted by Gasteiger charge is -2.18. The van der Waals surface area contributed by atoms with Crippen molar-refractivity contribution >= 4 is 28.7 Å². The number of aromatic nitrogens is 1. The van der Waals surface area contributed by atoms with Gasteiger partial charge in [-0.15, -0.1) is 0 Å². The van der Waals surface area contributed by atoms with Gasteiger partial charge in [-0.3, -0.25) is 14.4 Å². The normalized spacial score (nSPS) is 12.0. The van der Waals surface area contributed by atoms with Gasteiger partial charge in [0.25, 0.3) is 0 Å². The van der Waals surface area contributed by atoms with E-state index in [4.69, 9.17) is 0 Å². The van der Waals surface area contributed by atoms with Crippen molar-refractivity contribution in [2.75, 3.05) is 14.2 Å². The fourth-order valence-corrected chi connectivity index (χ4v) is 3.24. The maximum Gasteiger partial charge on any atom is 0.306 e. The molecule has 0 saturated carbocycles. The minimum absolute atomic E-state index is 0.0194. The van der Waals surface area contributed by atoms with Crippen LogP contribution in [0.2, 0.25) is 0 Å². The second kappa shape index (κ2) is 9.92. The van der Waals surface area contributed by atoms with Crippen molar-refractivity contribution in [3.8, 4) is 0 Å². The molecule has 2 rings (SSSR count). The monoisotopic (exact) mass is 387 g/mol. The molecule has 2 aromatic rings. The lowest BCUT2D eigenvalue weighted by molar-refractivity contribution is -0.142. The summed E-state index contributed by atoms with van der Waals surface area (Å²) in [5.74, 6) is -0.640. The van der Waals surface area contributed by atoms with Crippen molar-refractivity contribution in [1.29, 1.82) is 0 Å². The van der Waals surface area contributed by atoms with E-state index in [1.807, 2.05) is 24.3 Å². The molecule has 0 aliphatic carbocycles. The third-order valence-corrected chi connectivity index (χ3v) is 4.60. The van der Waals surface area contributed by atoms with Gasteiger partial charge >= 0.3 is 5.97 Å². The largest absolute Gasteiger partial charge is 0.469 e. The van der Waals surface area contributed by atoms with Crippen molar-refractivity contribution in [2.45, 2.75) is 45.6 Å². The predicted molar refractivity (Wildman–Crippen MR) is 108 cm³/mol. The molecule has 7 nitrogen and oxygen atoms in total. The van der Waals surface area contributed by atoms with Crippen LogP contribution in [-0.4, -0.2) is 43.0 Å². The Balaban J connectivity index is 2.25. The molecule has 0 saturated heterocycles. The first-order valence-corrected chi connectivity index (χ1v) is 9.51. The molecule has 1 aromatic carbocycles. The Hall–Kier alpha value is -2.83. The Kier molecular flexibility index (Phi) is 7.61. The van der Waals surface area contributed by atoms with Gasteiger partial charge in [-0.1, -0.05) is 32.0 Å². The Morgan fingerprint density at radius 1 is 1.11 bits per heavy atom. The van der Waals surface area contributed by atoms with Gasteiger partial charge in [0, 0.05) is 36.5 Å². The number of para-hydroxylation sites is 1. The van der Waals surface area contributed by atoms with E-state index in [0.717, 1.165) is 28.6 Å². The number of likely N-dealkylation sites (N-methyl/N-ethyl adjacent to an activating group) is 1. The highest BCUT2D eigenvalue weighted by atomic mass is 16.5. The SMILES string of the molecule is CNC(=O)[C@H](Cc1c(CC(C)C)[nH]c2ccccc12)NC(=O)CCC(=O)OC. The average molecular weight is 387 g/mol. The van der Waals surface area contributed by atoms with Crippen molar-refractivity contribution in [3.63, 3.8) is 0 Å². The molecule has 1 aromatic heterocycles. The molecule has 0 aliphatic heterocycles. The minimum Gasteiger partial charge on any atom is -0.469 e. The number of aromatic amines is 1. The second-order valence-corrected chi connectivity index (χ2v) is 7.24. The lowest BCUT2D eigenvalue weighted by Crippen LogP contribution is -2.47. The van der Waals surface area contributed by atoms with Crippen LogP contribution >= 0.6 is 0 Å². The Labute approximate surface area is 165 Å². The molecule has 0 fully saturated rings. The van der Waals surface area contributed by atoms with Gasteiger partial charge in [0.05, 0.1) is 13.5 Å². The smallest absolute Gasteiger partial charge is 0.306 e. The summed E-state index contributed by atoms with van der Waals surface area (Å²) in [4.78, 5) is 39.4. The molecule has 0 spiro atoms. The number of H-pyrrole nitrogens is 1. The molecule has 0 radical (unpaired) electrons. The van der Waals surface area contributed by atoms with Crippen LogP contribution < -0.4 is 10.6 Å². The van der Waals surface area contributed by atoms with Gasteiger partial charge < -0.3 is 20.4 Å². The number of esters is 1. The first-order valence-electron chi connectivity index (χ1n) is 9.51. The van der Waals surface area contributed by atoms with E-state index in [1.165, 1.54) is 7.11 Å². The third-order valence-electron chi connectivity index (χ3n) is 4.60. The third kappa shape index (κ3) is 5.58. The average Bonchev–Trinajstić information content (AvgIpc) is 3.01. The van der Waals surface area contributed by atoms with Crippen LogP contribution in [0.5, 0.6) is 0 Å². The van der Waals surface area contributed by atoms with Crippen molar-refractivity contribution < 1.29 is 19.1 Å². The van der Waals surface area contributed by atoms with E-state index >= 15 is 0 Å². The van der Waals surface area contributed by atoms with Crippen LogP contribution in [0.15, 0.2) is 24.3 Å². The van der Waals surface area contributed by atoms with Gasteiger partial charge in [0.2, 0.25) is 11.8 Å². The maximum atomic E-state index is 12.4. The Bertz CT molecular complexity index is 841. The molecule has 1 atom stereocenters. The minimum atomic E-state index is -0.722. The highest BCUT2D eigenvalue weighted by molar-refractivity contribution is 5.90. The number of rotatable bonds is 9. The number of benzene rings is 1. The van der Waals surface area contributed by atoms with Crippen LogP contribution in [0.4, 0.5) is 0 Å². The van der Waals surface area contributed by atoms with E-state index in [1.54, 1.807) is 7.05 Å². The molecule has 152 valence electrons. The fraction of sp³-hybridized carbons (Fsp3) is 0.476. The zero-order valence-electron chi connectivity index (χ0n) is 16.9. The van der Waals surface area contributed by atoms with Crippen LogP contribution in [0.25, 0.3) is 10.9 Å². The standard InChI is InChI=1S/C21H29N3O4/c1-13(2)11-17-15(14-7-5-6-8-16(14)23-17)12-18(21(27)22-3)24-19(25)9-10-20(26)28-4/h5-8,13,18,23H,9-12H2,1-4H3,(H,22,27)(H,24,25)/t18-/m0/s1. The molecule has 7 heteroatoms. The molecule has 2 amide bonds. The fourth-order valence-electron chi connectivity index (χ4n) is 3.24. The number of hydrogen-bond donors (Lipinski definition) is 3. The molecule has 3 N–H and O–H groups in total. The lowest BCUT2D eigenvalue weighted by atomic mass is 9.97. The van der Waals surface area contributed by atoms with E-state index < -0.39 is 12.0 Å². The summed E-state index contributed by atoms with van der Waals surface area (Å²) in [6, 6.07) is 7.23. The van der Waals surface area contributed by atoms with E-state index in [9.17, 15) is 14.4 Å².